The van der Waals surface area contributed by atoms with E-state index in [0.717, 1.165) is 15.8 Å². The fourth-order valence-corrected chi connectivity index (χ4v) is 3.82. The largest absolute Gasteiger partial charge is 0.348 e. The molecule has 25 heavy (non-hydrogen) atoms. The average Bonchev–Trinajstić information content (AvgIpc) is 3.50. The van der Waals surface area contributed by atoms with Crippen molar-refractivity contribution in [3.63, 3.8) is 0 Å². The molecule has 1 fully saturated rings. The van der Waals surface area contributed by atoms with Crippen LogP contribution in [0.3, 0.4) is 0 Å². The van der Waals surface area contributed by atoms with E-state index >= 15 is 0 Å². The Balaban J connectivity index is 1.43. The van der Waals surface area contributed by atoms with Crippen molar-refractivity contribution in [1.29, 1.82) is 0 Å². The van der Waals surface area contributed by atoms with Gasteiger partial charge in [-0.25, -0.2) is 0 Å². The Morgan fingerprint density at radius 3 is 2.68 bits per heavy atom. The molecule has 1 aliphatic carbocycles. The molecule has 126 valence electrons. The van der Waals surface area contributed by atoms with E-state index in [1.54, 1.807) is 6.20 Å². The Labute approximate surface area is 151 Å². The monoisotopic (exact) mass is 349 g/mol. The number of carbonyl (C=O) groups is 1. The van der Waals surface area contributed by atoms with Crippen molar-refractivity contribution >= 4 is 28.4 Å². The van der Waals surface area contributed by atoms with Gasteiger partial charge in [0.1, 0.15) is 5.03 Å². The van der Waals surface area contributed by atoms with Gasteiger partial charge >= 0.3 is 0 Å². The number of nitrogens with zero attached hydrogens (tertiary/aromatic N) is 2. The van der Waals surface area contributed by atoms with Gasteiger partial charge in [-0.3, -0.25) is 4.79 Å². The van der Waals surface area contributed by atoms with E-state index in [-0.39, 0.29) is 11.9 Å². The highest BCUT2D eigenvalue weighted by Gasteiger charge is 2.33. The van der Waals surface area contributed by atoms with E-state index in [2.05, 4.69) is 27.6 Å². The van der Waals surface area contributed by atoms with Crippen LogP contribution in [0, 0.1) is 5.92 Å². The van der Waals surface area contributed by atoms with Crippen LogP contribution in [0.5, 0.6) is 0 Å². The number of amides is 1. The molecule has 4 nitrogen and oxygen atoms in total. The van der Waals surface area contributed by atoms with Crippen LogP contribution in [0.1, 0.15) is 24.4 Å². The summed E-state index contributed by atoms with van der Waals surface area (Å²) < 4.78 is 0. The van der Waals surface area contributed by atoms with Gasteiger partial charge in [-0.05, 0) is 24.3 Å². The maximum Gasteiger partial charge on any atom is 0.230 e. The van der Waals surface area contributed by atoms with Crippen LogP contribution in [-0.2, 0) is 4.79 Å². The molecule has 0 spiro atoms. The first-order valence-corrected chi connectivity index (χ1v) is 9.47. The van der Waals surface area contributed by atoms with Gasteiger partial charge in [0.05, 0.1) is 18.0 Å². The quantitative estimate of drug-likeness (QED) is 0.684. The minimum Gasteiger partial charge on any atom is -0.348 e. The third kappa shape index (κ3) is 3.82. The molecule has 1 amide bonds. The standard InChI is InChI=1S/C20H19N3OS/c24-18(22-19(15-10-11-15)14-6-2-1-3-7-14)13-25-20-17-9-5-4-8-16(17)12-21-23-20/h1-9,12,15,19H,10-11,13H2,(H,22,24). The molecule has 0 bridgehead atoms. The number of hydrogen-bond acceptors (Lipinski definition) is 4. The first-order chi connectivity index (χ1) is 12.3. The molecule has 1 atom stereocenters. The molecule has 1 unspecified atom stereocenters. The number of nitrogens with one attached hydrogen (secondary N) is 1. The number of rotatable bonds is 6. The van der Waals surface area contributed by atoms with Crippen molar-refractivity contribution in [3.05, 3.63) is 66.4 Å². The van der Waals surface area contributed by atoms with Crippen LogP contribution in [-0.4, -0.2) is 21.9 Å². The van der Waals surface area contributed by atoms with Crippen LogP contribution in [0.15, 0.2) is 65.8 Å². The molecule has 1 aromatic heterocycles. The van der Waals surface area contributed by atoms with Gasteiger partial charge in [-0.2, -0.15) is 5.10 Å². The molecule has 1 heterocycles. The van der Waals surface area contributed by atoms with Gasteiger partial charge in [0.2, 0.25) is 5.91 Å². The Kier molecular flexibility index (Phi) is 4.65. The molecule has 2 aromatic carbocycles. The Morgan fingerprint density at radius 2 is 1.88 bits per heavy atom. The summed E-state index contributed by atoms with van der Waals surface area (Å²) in [6, 6.07) is 18.3. The highest BCUT2D eigenvalue weighted by atomic mass is 32.2. The lowest BCUT2D eigenvalue weighted by atomic mass is 10.0. The van der Waals surface area contributed by atoms with E-state index in [1.807, 2.05) is 42.5 Å². The van der Waals surface area contributed by atoms with Crippen molar-refractivity contribution in [2.24, 2.45) is 5.92 Å². The predicted molar refractivity (Wildman–Crippen MR) is 100 cm³/mol. The summed E-state index contributed by atoms with van der Waals surface area (Å²) >= 11 is 1.44. The second-order valence-electron chi connectivity index (χ2n) is 6.32. The number of thioether (sulfide) groups is 1. The normalized spacial score (nSPS) is 15.0. The van der Waals surface area contributed by atoms with Gasteiger partial charge < -0.3 is 5.32 Å². The number of carbonyl (C=O) groups excluding carboxylic acids is 1. The second kappa shape index (κ2) is 7.23. The number of fused-ring (bicyclic) bond motifs is 1. The van der Waals surface area contributed by atoms with Crippen molar-refractivity contribution in [3.8, 4) is 0 Å². The lowest BCUT2D eigenvalue weighted by Crippen LogP contribution is -2.31. The van der Waals surface area contributed by atoms with E-state index < -0.39 is 0 Å². The molecule has 0 saturated heterocycles. The predicted octanol–water partition coefficient (Wildman–Crippen LogP) is 3.99. The number of benzene rings is 2. The van der Waals surface area contributed by atoms with Crippen molar-refractivity contribution in [2.75, 3.05) is 5.75 Å². The average molecular weight is 349 g/mol. The Hall–Kier alpha value is -2.40. The van der Waals surface area contributed by atoms with Crippen LogP contribution in [0.25, 0.3) is 10.8 Å². The first kappa shape index (κ1) is 16.1. The lowest BCUT2D eigenvalue weighted by Gasteiger charge is -2.18. The molecule has 0 aliphatic heterocycles. The highest BCUT2D eigenvalue weighted by molar-refractivity contribution is 8.00. The molecule has 1 saturated carbocycles. The van der Waals surface area contributed by atoms with Gasteiger partial charge in [0, 0.05) is 10.8 Å². The molecule has 0 radical (unpaired) electrons. The van der Waals surface area contributed by atoms with Crippen molar-refractivity contribution in [1.82, 2.24) is 15.5 Å². The smallest absolute Gasteiger partial charge is 0.230 e. The molecule has 4 rings (SSSR count). The number of aromatic nitrogens is 2. The van der Waals surface area contributed by atoms with E-state index in [9.17, 15) is 4.79 Å². The summed E-state index contributed by atoms with van der Waals surface area (Å²) in [4.78, 5) is 12.5. The topological polar surface area (TPSA) is 54.9 Å². The molecule has 5 heteroatoms. The van der Waals surface area contributed by atoms with Crippen LogP contribution >= 0.6 is 11.8 Å². The maximum atomic E-state index is 12.5. The van der Waals surface area contributed by atoms with E-state index in [1.165, 1.54) is 30.2 Å². The van der Waals surface area contributed by atoms with Crippen molar-refractivity contribution in [2.45, 2.75) is 23.9 Å². The van der Waals surface area contributed by atoms with Crippen LogP contribution < -0.4 is 5.32 Å². The summed E-state index contributed by atoms with van der Waals surface area (Å²) in [6.07, 6.45) is 4.11. The van der Waals surface area contributed by atoms with E-state index in [4.69, 9.17) is 0 Å². The fraction of sp³-hybridized carbons (Fsp3) is 0.250. The zero-order valence-electron chi connectivity index (χ0n) is 13.8. The second-order valence-corrected chi connectivity index (χ2v) is 7.28. The third-order valence-corrected chi connectivity index (χ3v) is 5.43. The molecule has 3 aromatic rings. The van der Waals surface area contributed by atoms with Gasteiger partial charge in [-0.15, -0.1) is 5.10 Å². The Bertz CT molecular complexity index is 875. The minimum atomic E-state index is 0.0421. The third-order valence-electron chi connectivity index (χ3n) is 4.45. The lowest BCUT2D eigenvalue weighted by molar-refractivity contribution is -0.119. The van der Waals surface area contributed by atoms with Crippen molar-refractivity contribution < 1.29 is 4.79 Å². The highest BCUT2D eigenvalue weighted by Crippen LogP contribution is 2.41. The molecular formula is C20H19N3OS. The molecule has 1 aliphatic rings. The Morgan fingerprint density at radius 1 is 1.12 bits per heavy atom. The van der Waals surface area contributed by atoms with Gasteiger partial charge in [0.15, 0.2) is 0 Å². The summed E-state index contributed by atoms with van der Waals surface area (Å²) in [5, 5.41) is 14.3. The summed E-state index contributed by atoms with van der Waals surface area (Å²) in [5.74, 6) is 0.952. The zero-order valence-corrected chi connectivity index (χ0v) is 14.6. The van der Waals surface area contributed by atoms with Gasteiger partial charge in [-0.1, -0.05) is 66.4 Å². The SMILES string of the molecule is O=C(CSc1nncc2ccccc12)NC(c1ccccc1)C1CC1. The van der Waals surface area contributed by atoms with Crippen LogP contribution in [0.2, 0.25) is 0 Å². The maximum absolute atomic E-state index is 12.5. The first-order valence-electron chi connectivity index (χ1n) is 8.49. The van der Waals surface area contributed by atoms with E-state index in [0.29, 0.717) is 11.7 Å². The summed E-state index contributed by atoms with van der Waals surface area (Å²) in [5.41, 5.74) is 1.19. The summed E-state index contributed by atoms with van der Waals surface area (Å²) in [6.45, 7) is 0. The fourth-order valence-electron chi connectivity index (χ4n) is 3.02. The molecular weight excluding hydrogens is 330 g/mol. The minimum absolute atomic E-state index is 0.0421. The number of hydrogen-bond donors (Lipinski definition) is 1. The summed E-state index contributed by atoms with van der Waals surface area (Å²) in [7, 11) is 0. The van der Waals surface area contributed by atoms with Gasteiger partial charge in [0.25, 0.3) is 0 Å². The van der Waals surface area contributed by atoms with Crippen LogP contribution in [0.4, 0.5) is 0 Å². The molecule has 1 N–H and O–H groups in total. The zero-order chi connectivity index (χ0) is 17.1.